The predicted octanol–water partition coefficient (Wildman–Crippen LogP) is 3.57. The molecule has 0 radical (unpaired) electrons. The Labute approximate surface area is 186 Å². The number of amides is 1. The van der Waals surface area contributed by atoms with Crippen molar-refractivity contribution in [1.29, 1.82) is 0 Å². The van der Waals surface area contributed by atoms with Crippen molar-refractivity contribution in [2.24, 2.45) is 0 Å². The van der Waals surface area contributed by atoms with Crippen molar-refractivity contribution in [3.05, 3.63) is 59.7 Å². The quantitative estimate of drug-likeness (QED) is 0.584. The summed E-state index contributed by atoms with van der Waals surface area (Å²) in [6, 6.07) is 15.0. The molecule has 2 heterocycles. The summed E-state index contributed by atoms with van der Waals surface area (Å²) in [6.07, 6.45) is 0. The Morgan fingerprint density at radius 3 is 2.43 bits per heavy atom. The van der Waals surface area contributed by atoms with Gasteiger partial charge in [0.15, 0.2) is 5.11 Å². The number of hydrogen-bond donors (Lipinski definition) is 1. The molecule has 2 aromatic rings. The summed E-state index contributed by atoms with van der Waals surface area (Å²) in [4.78, 5) is 16.7. The summed E-state index contributed by atoms with van der Waals surface area (Å²) in [5.74, 6) is 7.23. The first-order valence-electron chi connectivity index (χ1n) is 9.56. The number of anilines is 1. The average Bonchev–Trinajstić information content (AvgIpc) is 3.27. The number of carbonyl (C=O) groups is 1. The van der Waals surface area contributed by atoms with E-state index in [0.29, 0.717) is 10.9 Å². The molecule has 2 fully saturated rings. The Kier molecular flexibility index (Phi) is 5.49. The molecule has 1 N–H and O–H groups in total. The van der Waals surface area contributed by atoms with Gasteiger partial charge in [0.2, 0.25) is 0 Å². The highest BCUT2D eigenvalue weighted by Crippen LogP contribution is 2.46. The number of thioether (sulfide) groups is 1. The van der Waals surface area contributed by atoms with Crippen LogP contribution in [-0.2, 0) is 4.79 Å². The molecule has 30 heavy (non-hydrogen) atoms. The fourth-order valence-electron chi connectivity index (χ4n) is 3.47. The second kappa shape index (κ2) is 7.95. The van der Waals surface area contributed by atoms with Crippen LogP contribution in [0, 0.1) is 11.8 Å². The van der Waals surface area contributed by atoms with Gasteiger partial charge in [-0.15, -0.1) is 11.8 Å². The van der Waals surface area contributed by atoms with Gasteiger partial charge in [-0.05, 0) is 68.0 Å². The molecule has 2 aliphatic heterocycles. The molecular weight excluding hydrogens is 416 g/mol. The van der Waals surface area contributed by atoms with Crippen molar-refractivity contribution < 1.29 is 14.6 Å². The van der Waals surface area contributed by atoms with Crippen LogP contribution in [0.5, 0.6) is 5.75 Å². The maximum Gasteiger partial charge on any atom is 0.257 e. The minimum atomic E-state index is -1.03. The highest BCUT2D eigenvalue weighted by atomic mass is 32.2. The summed E-state index contributed by atoms with van der Waals surface area (Å²) < 4.78 is 5.21. The van der Waals surface area contributed by atoms with E-state index >= 15 is 0 Å². The molecule has 0 bridgehead atoms. The number of nitrogens with zero attached hydrogens (tertiary/aromatic N) is 2. The van der Waals surface area contributed by atoms with Gasteiger partial charge < -0.3 is 14.7 Å². The molecule has 154 valence electrons. The first-order chi connectivity index (χ1) is 14.3. The van der Waals surface area contributed by atoms with E-state index < -0.39 is 5.60 Å². The van der Waals surface area contributed by atoms with Crippen LogP contribution in [0.4, 0.5) is 5.69 Å². The smallest absolute Gasteiger partial charge is 0.257 e. The Balaban J connectivity index is 1.57. The summed E-state index contributed by atoms with van der Waals surface area (Å²) in [7, 11) is 1.61. The monoisotopic (exact) mass is 438 g/mol. The van der Waals surface area contributed by atoms with Gasteiger partial charge in [-0.2, -0.15) is 0 Å². The van der Waals surface area contributed by atoms with Gasteiger partial charge in [-0.25, -0.2) is 0 Å². The third-order valence-electron chi connectivity index (χ3n) is 4.96. The van der Waals surface area contributed by atoms with E-state index in [0.717, 1.165) is 22.6 Å². The van der Waals surface area contributed by atoms with E-state index in [1.165, 1.54) is 0 Å². The molecule has 0 unspecified atom stereocenters. The summed E-state index contributed by atoms with van der Waals surface area (Å²) in [5, 5.41) is 10.3. The fraction of sp³-hybridized carbons (Fsp3) is 0.304. The van der Waals surface area contributed by atoms with Crippen molar-refractivity contribution in [2.45, 2.75) is 30.9 Å². The number of ether oxygens (including phenoxy) is 1. The topological polar surface area (TPSA) is 53.0 Å². The number of fused-ring (bicyclic) bond motifs is 1. The lowest BCUT2D eigenvalue weighted by Gasteiger charge is -2.25. The number of aliphatic hydroxyl groups is 1. The molecule has 5 nitrogen and oxygen atoms in total. The number of hydrogen-bond acceptors (Lipinski definition) is 5. The van der Waals surface area contributed by atoms with Crippen LogP contribution in [0.2, 0.25) is 0 Å². The molecule has 2 atom stereocenters. The lowest BCUT2D eigenvalue weighted by Crippen LogP contribution is -2.33. The molecule has 0 saturated carbocycles. The first kappa shape index (κ1) is 20.7. The van der Waals surface area contributed by atoms with E-state index in [1.54, 1.807) is 37.6 Å². The van der Waals surface area contributed by atoms with Gasteiger partial charge in [-0.1, -0.05) is 24.0 Å². The number of thiocarbonyl (C=S) groups is 1. The van der Waals surface area contributed by atoms with Gasteiger partial charge in [0.1, 0.15) is 22.8 Å². The van der Waals surface area contributed by atoms with Crippen LogP contribution in [0.25, 0.3) is 0 Å². The summed E-state index contributed by atoms with van der Waals surface area (Å²) in [5.41, 5.74) is 1.63. The van der Waals surface area contributed by atoms with Crippen molar-refractivity contribution >= 4 is 40.7 Å². The molecule has 7 heteroatoms. The van der Waals surface area contributed by atoms with E-state index in [-0.39, 0.29) is 17.3 Å². The van der Waals surface area contributed by atoms with Gasteiger partial charge in [0.05, 0.1) is 12.8 Å². The third kappa shape index (κ3) is 3.91. The summed E-state index contributed by atoms with van der Waals surface area (Å²) >= 11 is 7.44. The molecule has 0 aliphatic carbocycles. The lowest BCUT2D eigenvalue weighted by atomic mass is 10.1. The van der Waals surface area contributed by atoms with E-state index in [1.807, 2.05) is 53.4 Å². The number of methoxy groups -OCH3 is 1. The van der Waals surface area contributed by atoms with Crippen LogP contribution < -0.4 is 9.64 Å². The fourth-order valence-corrected chi connectivity index (χ4v) is 5.39. The SMILES string of the molecule is COc1ccc(N2C(=O)[C@H]3CS[C@@H](c4ccc(C#CC(C)(C)O)cc4)N3C2=S)cc1. The van der Waals surface area contributed by atoms with Crippen LogP contribution in [0.15, 0.2) is 48.5 Å². The number of rotatable bonds is 3. The zero-order valence-corrected chi connectivity index (χ0v) is 18.6. The molecule has 2 aromatic carbocycles. The van der Waals surface area contributed by atoms with E-state index in [4.69, 9.17) is 17.0 Å². The van der Waals surface area contributed by atoms with Crippen LogP contribution >= 0.6 is 24.0 Å². The van der Waals surface area contributed by atoms with Gasteiger partial charge >= 0.3 is 0 Å². The maximum atomic E-state index is 13.1. The number of benzene rings is 2. The van der Waals surface area contributed by atoms with Crippen molar-refractivity contribution in [1.82, 2.24) is 4.90 Å². The molecule has 2 saturated heterocycles. The van der Waals surface area contributed by atoms with E-state index in [2.05, 4.69) is 11.8 Å². The molecule has 0 aromatic heterocycles. The van der Waals surface area contributed by atoms with Gasteiger partial charge in [0.25, 0.3) is 5.91 Å². The van der Waals surface area contributed by atoms with Gasteiger partial charge in [0, 0.05) is 11.3 Å². The third-order valence-corrected chi connectivity index (χ3v) is 6.67. The average molecular weight is 439 g/mol. The number of carbonyl (C=O) groups excluding carboxylic acids is 1. The molecule has 0 spiro atoms. The Morgan fingerprint density at radius 1 is 1.17 bits per heavy atom. The normalized spacial score (nSPS) is 20.8. The lowest BCUT2D eigenvalue weighted by molar-refractivity contribution is -0.119. The standard InChI is InChI=1S/C23H22N2O3S2/c1-23(2,27)13-12-15-4-6-16(7-5-15)21-25-19(14-30-21)20(26)24(22(25)29)17-8-10-18(28-3)11-9-17/h4-11,19,21,27H,14H2,1-3H3/t19-,21+/m1/s1. The van der Waals surface area contributed by atoms with Crippen molar-refractivity contribution in [2.75, 3.05) is 17.8 Å². The Hall–Kier alpha value is -2.53. The molecule has 4 rings (SSSR count). The van der Waals surface area contributed by atoms with Crippen molar-refractivity contribution in [3.63, 3.8) is 0 Å². The Bertz CT molecular complexity index is 1030. The second-order valence-electron chi connectivity index (χ2n) is 7.69. The molecular formula is C23H22N2O3S2. The minimum Gasteiger partial charge on any atom is -0.497 e. The van der Waals surface area contributed by atoms with Crippen molar-refractivity contribution in [3.8, 4) is 17.6 Å². The molecule has 1 amide bonds. The zero-order chi connectivity index (χ0) is 21.5. The maximum absolute atomic E-state index is 13.1. The van der Waals surface area contributed by atoms with Crippen LogP contribution in [-0.4, -0.2) is 45.5 Å². The minimum absolute atomic E-state index is 0.00725. The summed E-state index contributed by atoms with van der Waals surface area (Å²) in [6.45, 7) is 3.31. The largest absolute Gasteiger partial charge is 0.497 e. The first-order valence-corrected chi connectivity index (χ1v) is 11.0. The molecule has 2 aliphatic rings. The van der Waals surface area contributed by atoms with Gasteiger partial charge in [-0.3, -0.25) is 9.69 Å². The van der Waals surface area contributed by atoms with Crippen LogP contribution in [0.1, 0.15) is 30.3 Å². The predicted molar refractivity (Wildman–Crippen MR) is 124 cm³/mol. The highest BCUT2D eigenvalue weighted by molar-refractivity contribution is 7.99. The zero-order valence-electron chi connectivity index (χ0n) is 17.0. The van der Waals surface area contributed by atoms with Crippen LogP contribution in [0.3, 0.4) is 0 Å². The second-order valence-corrected chi connectivity index (χ2v) is 9.17. The highest BCUT2D eigenvalue weighted by Gasteiger charge is 2.50. The Morgan fingerprint density at radius 2 is 1.83 bits per heavy atom. The van der Waals surface area contributed by atoms with E-state index in [9.17, 15) is 9.90 Å².